The van der Waals surface area contributed by atoms with Crippen LogP contribution < -0.4 is 0 Å². The minimum absolute atomic E-state index is 0.342. The minimum atomic E-state index is -1.47. The lowest BCUT2D eigenvalue weighted by molar-refractivity contribution is -0.123. The van der Waals surface area contributed by atoms with Gasteiger partial charge in [0.05, 0.1) is 0 Å². The maximum Gasteiger partial charge on any atom is 0.126 e. The molecular formula is C20H18O2. The molecule has 0 saturated heterocycles. The minimum Gasteiger partial charge on any atom is -0.381 e. The van der Waals surface area contributed by atoms with E-state index in [1.54, 1.807) is 0 Å². The second-order valence-corrected chi connectivity index (χ2v) is 6.18. The number of benzene rings is 2. The van der Waals surface area contributed by atoms with Gasteiger partial charge < -0.3 is 10.2 Å². The van der Waals surface area contributed by atoms with Crippen LogP contribution in [0.2, 0.25) is 0 Å². The molecule has 0 unspecified atom stereocenters. The van der Waals surface area contributed by atoms with Crippen LogP contribution in [0.25, 0.3) is 0 Å². The number of hydrogen-bond donors (Lipinski definition) is 2. The van der Waals surface area contributed by atoms with Gasteiger partial charge >= 0.3 is 0 Å². The highest BCUT2D eigenvalue weighted by atomic mass is 16.4. The zero-order valence-electron chi connectivity index (χ0n) is 12.2. The molecular weight excluding hydrogens is 272 g/mol. The standard InChI is InChI=1S/C20H18O2/c1-3-19(21)17-13-9-5-7-11-15(13)18(20(19,22)4-2)16-12-8-6-10-14(16)17/h3-12,17-18,21-22H,1-2H2/t17?,18?,19-,20-/m0/s1. The number of aliphatic hydroxyl groups is 2. The van der Waals surface area contributed by atoms with Crippen LogP contribution in [0.1, 0.15) is 34.1 Å². The summed E-state index contributed by atoms with van der Waals surface area (Å²) >= 11 is 0. The fraction of sp³-hybridized carbons (Fsp3) is 0.200. The van der Waals surface area contributed by atoms with Crippen LogP contribution >= 0.6 is 0 Å². The second kappa shape index (κ2) is 4.19. The highest BCUT2D eigenvalue weighted by Gasteiger charge is 2.64. The Morgan fingerprint density at radius 3 is 1.18 bits per heavy atom. The molecule has 0 amide bonds. The fourth-order valence-corrected chi connectivity index (χ4v) is 4.38. The maximum absolute atomic E-state index is 11.3. The summed E-state index contributed by atoms with van der Waals surface area (Å²) in [6, 6.07) is 16.0. The first-order chi connectivity index (χ1) is 10.6. The molecule has 0 spiro atoms. The summed E-state index contributed by atoms with van der Waals surface area (Å²) in [6.45, 7) is 7.61. The Kier molecular flexibility index (Phi) is 2.57. The third-order valence-corrected chi connectivity index (χ3v) is 5.38. The van der Waals surface area contributed by atoms with E-state index < -0.39 is 11.2 Å². The van der Waals surface area contributed by atoms with Crippen LogP contribution in [0.4, 0.5) is 0 Å². The first-order valence-electron chi connectivity index (χ1n) is 7.48. The van der Waals surface area contributed by atoms with E-state index in [0.29, 0.717) is 0 Å². The van der Waals surface area contributed by atoms with Crippen molar-refractivity contribution in [3.63, 3.8) is 0 Å². The molecule has 2 aromatic carbocycles. The number of fused-ring (bicyclic) bond motifs is 1. The molecule has 3 aliphatic rings. The Balaban J connectivity index is 2.16. The Bertz CT molecular complexity index is 680. The molecule has 5 rings (SSSR count). The third-order valence-electron chi connectivity index (χ3n) is 5.38. The van der Waals surface area contributed by atoms with Gasteiger partial charge in [0.1, 0.15) is 11.2 Å². The van der Waals surface area contributed by atoms with Crippen molar-refractivity contribution >= 4 is 0 Å². The van der Waals surface area contributed by atoms with E-state index in [2.05, 4.69) is 13.2 Å². The molecule has 2 N–H and O–H groups in total. The normalized spacial score (nSPS) is 34.6. The van der Waals surface area contributed by atoms with E-state index >= 15 is 0 Å². The molecule has 2 heteroatoms. The predicted octanol–water partition coefficient (Wildman–Crippen LogP) is 3.11. The van der Waals surface area contributed by atoms with Crippen LogP contribution in [-0.2, 0) is 0 Å². The van der Waals surface area contributed by atoms with Gasteiger partial charge in [-0.1, -0.05) is 60.7 Å². The quantitative estimate of drug-likeness (QED) is 0.834. The lowest BCUT2D eigenvalue weighted by Crippen LogP contribution is -2.64. The highest BCUT2D eigenvalue weighted by molar-refractivity contribution is 5.63. The Labute approximate surface area is 130 Å². The Hall–Kier alpha value is -2.16. The van der Waals surface area contributed by atoms with Crippen molar-refractivity contribution in [3.8, 4) is 0 Å². The van der Waals surface area contributed by atoms with Gasteiger partial charge in [-0.05, 0) is 22.3 Å². The summed E-state index contributed by atoms with van der Waals surface area (Å²) < 4.78 is 0. The zero-order chi connectivity index (χ0) is 15.5. The molecule has 0 fully saturated rings. The maximum atomic E-state index is 11.3. The average Bonchev–Trinajstić information content (AvgIpc) is 2.57. The van der Waals surface area contributed by atoms with Crippen molar-refractivity contribution in [2.24, 2.45) is 0 Å². The Morgan fingerprint density at radius 2 is 0.955 bits per heavy atom. The van der Waals surface area contributed by atoms with Crippen LogP contribution in [0.5, 0.6) is 0 Å². The summed E-state index contributed by atoms with van der Waals surface area (Å²) in [4.78, 5) is 0. The topological polar surface area (TPSA) is 40.5 Å². The summed E-state index contributed by atoms with van der Waals surface area (Å²) in [6.07, 6.45) is 2.94. The smallest absolute Gasteiger partial charge is 0.126 e. The monoisotopic (exact) mass is 290 g/mol. The third kappa shape index (κ3) is 1.28. The van der Waals surface area contributed by atoms with Crippen LogP contribution in [-0.4, -0.2) is 21.4 Å². The van der Waals surface area contributed by atoms with Crippen molar-refractivity contribution in [1.82, 2.24) is 0 Å². The van der Waals surface area contributed by atoms with Gasteiger partial charge in [0.2, 0.25) is 0 Å². The predicted molar refractivity (Wildman–Crippen MR) is 86.9 cm³/mol. The molecule has 3 aliphatic carbocycles. The van der Waals surface area contributed by atoms with E-state index in [0.717, 1.165) is 22.3 Å². The fourth-order valence-electron chi connectivity index (χ4n) is 4.38. The van der Waals surface area contributed by atoms with E-state index in [9.17, 15) is 10.2 Å². The van der Waals surface area contributed by atoms with Crippen molar-refractivity contribution < 1.29 is 10.2 Å². The molecule has 0 saturated carbocycles. The van der Waals surface area contributed by atoms with Crippen LogP contribution in [0, 0.1) is 0 Å². The molecule has 0 heterocycles. The van der Waals surface area contributed by atoms with Gasteiger partial charge in [-0.25, -0.2) is 0 Å². The van der Waals surface area contributed by atoms with E-state index in [-0.39, 0.29) is 11.8 Å². The first kappa shape index (κ1) is 13.5. The first-order valence-corrected chi connectivity index (χ1v) is 7.48. The van der Waals surface area contributed by atoms with Crippen molar-refractivity contribution in [1.29, 1.82) is 0 Å². The lowest BCUT2D eigenvalue weighted by Gasteiger charge is -2.58. The van der Waals surface area contributed by atoms with Gasteiger partial charge in [-0.2, -0.15) is 0 Å². The summed E-state index contributed by atoms with van der Waals surface area (Å²) in [5.74, 6) is -0.684. The van der Waals surface area contributed by atoms with Gasteiger partial charge in [0, 0.05) is 11.8 Å². The van der Waals surface area contributed by atoms with Gasteiger partial charge in [-0.3, -0.25) is 0 Å². The van der Waals surface area contributed by atoms with Gasteiger partial charge in [0.15, 0.2) is 0 Å². The molecule has 2 atom stereocenters. The molecule has 0 aromatic heterocycles. The number of rotatable bonds is 2. The molecule has 0 radical (unpaired) electrons. The van der Waals surface area contributed by atoms with Crippen molar-refractivity contribution in [2.75, 3.05) is 0 Å². The summed E-state index contributed by atoms with van der Waals surface area (Å²) in [7, 11) is 0. The number of hydrogen-bond acceptors (Lipinski definition) is 2. The second-order valence-electron chi connectivity index (χ2n) is 6.18. The lowest BCUT2D eigenvalue weighted by atomic mass is 9.50. The average molecular weight is 290 g/mol. The largest absolute Gasteiger partial charge is 0.381 e. The van der Waals surface area contributed by atoms with E-state index in [1.165, 1.54) is 12.2 Å². The van der Waals surface area contributed by atoms with Gasteiger partial charge in [0.25, 0.3) is 0 Å². The van der Waals surface area contributed by atoms with Crippen molar-refractivity contribution in [2.45, 2.75) is 23.0 Å². The molecule has 2 nitrogen and oxygen atoms in total. The molecule has 2 bridgehead atoms. The zero-order valence-corrected chi connectivity index (χ0v) is 12.2. The van der Waals surface area contributed by atoms with Crippen LogP contribution in [0.3, 0.4) is 0 Å². The van der Waals surface area contributed by atoms with E-state index in [4.69, 9.17) is 0 Å². The molecule has 110 valence electrons. The summed E-state index contributed by atoms with van der Waals surface area (Å²) in [5, 5.41) is 22.7. The summed E-state index contributed by atoms with van der Waals surface area (Å²) in [5.41, 5.74) is 1.28. The van der Waals surface area contributed by atoms with Crippen molar-refractivity contribution in [3.05, 3.63) is 96.1 Å². The molecule has 2 aromatic rings. The van der Waals surface area contributed by atoms with Crippen LogP contribution in [0.15, 0.2) is 73.8 Å². The van der Waals surface area contributed by atoms with Gasteiger partial charge in [-0.15, -0.1) is 13.2 Å². The molecule has 22 heavy (non-hydrogen) atoms. The molecule has 0 aliphatic heterocycles. The Morgan fingerprint density at radius 1 is 0.682 bits per heavy atom. The highest BCUT2D eigenvalue weighted by Crippen LogP contribution is 2.62. The van der Waals surface area contributed by atoms with E-state index in [1.807, 2.05) is 48.5 Å². The SMILES string of the molecule is C=C[C@]1(O)C2c3ccccc3C(c3ccccc32)[C@@]1(O)C=C.